The SMILES string of the molecule is COc1ccc(-c2nnc(NC3CCCN(C)C3)c3c2CCOC3)cc1. The van der Waals surface area contributed by atoms with Gasteiger partial charge in [0.2, 0.25) is 0 Å². The molecule has 3 heterocycles. The minimum absolute atomic E-state index is 0.418. The Morgan fingerprint density at radius 2 is 2.04 bits per heavy atom. The topological polar surface area (TPSA) is 59.5 Å². The normalized spacial score (nSPS) is 20.5. The Balaban J connectivity index is 1.65. The van der Waals surface area contributed by atoms with E-state index in [-0.39, 0.29) is 0 Å². The van der Waals surface area contributed by atoms with Crippen molar-refractivity contribution in [3.05, 3.63) is 35.4 Å². The minimum Gasteiger partial charge on any atom is -0.497 e. The van der Waals surface area contributed by atoms with Crippen molar-refractivity contribution >= 4 is 5.82 Å². The Morgan fingerprint density at radius 3 is 2.81 bits per heavy atom. The van der Waals surface area contributed by atoms with Crippen molar-refractivity contribution in [3.63, 3.8) is 0 Å². The lowest BCUT2D eigenvalue weighted by Crippen LogP contribution is -2.40. The minimum atomic E-state index is 0.418. The van der Waals surface area contributed by atoms with Crippen molar-refractivity contribution in [1.82, 2.24) is 15.1 Å². The molecule has 26 heavy (non-hydrogen) atoms. The van der Waals surface area contributed by atoms with Crippen molar-refractivity contribution in [3.8, 4) is 17.0 Å². The quantitative estimate of drug-likeness (QED) is 0.911. The molecule has 1 fully saturated rings. The van der Waals surface area contributed by atoms with Crippen molar-refractivity contribution in [1.29, 1.82) is 0 Å². The maximum absolute atomic E-state index is 5.74. The van der Waals surface area contributed by atoms with Gasteiger partial charge >= 0.3 is 0 Å². The molecule has 2 aliphatic rings. The molecule has 2 aliphatic heterocycles. The van der Waals surface area contributed by atoms with E-state index in [0.29, 0.717) is 12.6 Å². The van der Waals surface area contributed by atoms with E-state index in [2.05, 4.69) is 27.5 Å². The Kier molecular flexibility index (Phi) is 5.04. The maximum atomic E-state index is 5.74. The van der Waals surface area contributed by atoms with Crippen LogP contribution in [-0.4, -0.2) is 55.0 Å². The first-order chi connectivity index (χ1) is 12.7. The maximum Gasteiger partial charge on any atom is 0.154 e. The highest BCUT2D eigenvalue weighted by Gasteiger charge is 2.24. The standard InChI is InChI=1S/C20H26N4O2/c1-24-10-3-4-15(12-24)21-20-18-13-26-11-9-17(18)19(22-23-20)14-5-7-16(25-2)8-6-14/h5-8,15H,3-4,9-13H2,1-2H3,(H,21,23). The van der Waals surface area contributed by atoms with Crippen LogP contribution in [0.25, 0.3) is 11.3 Å². The van der Waals surface area contributed by atoms with E-state index < -0.39 is 0 Å². The fraction of sp³-hybridized carbons (Fsp3) is 0.500. The van der Waals surface area contributed by atoms with Gasteiger partial charge < -0.3 is 19.7 Å². The average Bonchev–Trinajstić information content (AvgIpc) is 2.68. The molecular formula is C20H26N4O2. The molecule has 0 aliphatic carbocycles. The first-order valence-electron chi connectivity index (χ1n) is 9.30. The summed E-state index contributed by atoms with van der Waals surface area (Å²) in [4.78, 5) is 2.36. The molecule has 6 nitrogen and oxygen atoms in total. The first kappa shape index (κ1) is 17.2. The van der Waals surface area contributed by atoms with Crippen molar-refractivity contribution < 1.29 is 9.47 Å². The van der Waals surface area contributed by atoms with E-state index in [9.17, 15) is 0 Å². The van der Waals surface area contributed by atoms with Crippen molar-refractivity contribution in [2.45, 2.75) is 31.9 Å². The molecule has 4 rings (SSSR count). The summed E-state index contributed by atoms with van der Waals surface area (Å²) >= 11 is 0. The molecular weight excluding hydrogens is 328 g/mol. The van der Waals surface area contributed by atoms with Crippen molar-refractivity contribution in [2.75, 3.05) is 39.2 Å². The van der Waals surface area contributed by atoms with Crippen LogP contribution in [-0.2, 0) is 17.8 Å². The third-order valence-corrected chi connectivity index (χ3v) is 5.26. The highest BCUT2D eigenvalue weighted by Crippen LogP contribution is 2.32. The lowest BCUT2D eigenvalue weighted by molar-refractivity contribution is 0.111. The predicted octanol–water partition coefficient (Wildman–Crippen LogP) is 2.73. The number of likely N-dealkylation sites (N-methyl/N-ethyl adjacent to an activating group) is 1. The largest absolute Gasteiger partial charge is 0.497 e. The average molecular weight is 354 g/mol. The Bertz CT molecular complexity index is 763. The summed E-state index contributed by atoms with van der Waals surface area (Å²) in [6.45, 7) is 3.53. The summed E-state index contributed by atoms with van der Waals surface area (Å²) in [6, 6.07) is 8.43. The van der Waals surface area contributed by atoms with Gasteiger partial charge in [0.1, 0.15) is 5.75 Å². The highest BCUT2D eigenvalue weighted by molar-refractivity contribution is 5.68. The van der Waals surface area contributed by atoms with Crippen molar-refractivity contribution in [2.24, 2.45) is 0 Å². The Hall–Kier alpha value is -2.18. The number of fused-ring (bicyclic) bond motifs is 1. The van der Waals surface area contributed by atoms with E-state index in [1.54, 1.807) is 7.11 Å². The third-order valence-electron chi connectivity index (χ3n) is 5.26. The van der Waals surface area contributed by atoms with Gasteiger partial charge in [0.05, 0.1) is 26.0 Å². The number of hydrogen-bond acceptors (Lipinski definition) is 6. The number of likely N-dealkylation sites (tertiary alicyclic amines) is 1. The lowest BCUT2D eigenvalue weighted by atomic mass is 9.97. The summed E-state index contributed by atoms with van der Waals surface area (Å²) in [6.07, 6.45) is 3.25. The van der Waals surface area contributed by atoms with E-state index in [1.165, 1.54) is 24.9 Å². The third kappa shape index (κ3) is 3.52. The second-order valence-electron chi connectivity index (χ2n) is 7.13. The predicted molar refractivity (Wildman–Crippen MR) is 102 cm³/mol. The lowest BCUT2D eigenvalue weighted by Gasteiger charge is -2.31. The van der Waals surface area contributed by atoms with Gasteiger partial charge in [-0.15, -0.1) is 10.2 Å². The smallest absolute Gasteiger partial charge is 0.154 e. The molecule has 0 saturated carbocycles. The fourth-order valence-electron chi connectivity index (χ4n) is 3.85. The molecule has 1 aromatic carbocycles. The molecule has 138 valence electrons. The van der Waals surface area contributed by atoms with Gasteiger partial charge in [-0.2, -0.15) is 0 Å². The van der Waals surface area contributed by atoms with Crippen LogP contribution >= 0.6 is 0 Å². The summed E-state index contributed by atoms with van der Waals surface area (Å²) in [5, 5.41) is 12.7. The molecule has 0 bridgehead atoms. The summed E-state index contributed by atoms with van der Waals surface area (Å²) in [5.41, 5.74) is 4.44. The second-order valence-corrected chi connectivity index (χ2v) is 7.13. The van der Waals surface area contributed by atoms with Crippen LogP contribution in [0.2, 0.25) is 0 Å². The molecule has 0 spiro atoms. The van der Waals surface area contributed by atoms with Crippen LogP contribution in [0.15, 0.2) is 24.3 Å². The van der Waals surface area contributed by atoms with Crippen LogP contribution in [0.4, 0.5) is 5.82 Å². The number of nitrogens with one attached hydrogen (secondary N) is 1. The first-order valence-corrected chi connectivity index (χ1v) is 9.30. The number of ether oxygens (including phenoxy) is 2. The highest BCUT2D eigenvalue weighted by atomic mass is 16.5. The molecule has 6 heteroatoms. The zero-order chi connectivity index (χ0) is 17.9. The molecule has 1 unspecified atom stereocenters. The van der Waals surface area contributed by atoms with E-state index in [4.69, 9.17) is 9.47 Å². The van der Waals surface area contributed by atoms with Crippen LogP contribution in [0, 0.1) is 0 Å². The Morgan fingerprint density at radius 1 is 1.19 bits per heavy atom. The van der Waals surface area contributed by atoms with E-state index in [0.717, 1.165) is 48.0 Å². The van der Waals surface area contributed by atoms with Gasteiger partial charge in [-0.25, -0.2) is 0 Å². The van der Waals surface area contributed by atoms with E-state index >= 15 is 0 Å². The number of benzene rings is 1. The van der Waals surface area contributed by atoms with Gasteiger partial charge in [0, 0.05) is 23.7 Å². The number of anilines is 1. The number of hydrogen-bond donors (Lipinski definition) is 1. The molecule has 1 atom stereocenters. The van der Waals surface area contributed by atoms with Crippen LogP contribution in [0.1, 0.15) is 24.0 Å². The summed E-state index contributed by atoms with van der Waals surface area (Å²) in [7, 11) is 3.85. The molecule has 1 aromatic heterocycles. The molecule has 1 saturated heterocycles. The van der Waals surface area contributed by atoms with Crippen LogP contribution in [0.5, 0.6) is 5.75 Å². The summed E-state index contributed by atoms with van der Waals surface area (Å²) in [5.74, 6) is 1.73. The number of piperidine rings is 1. The molecule has 2 aromatic rings. The van der Waals surface area contributed by atoms with Gasteiger partial charge in [-0.05, 0) is 62.7 Å². The molecule has 0 amide bonds. The second kappa shape index (κ2) is 7.60. The van der Waals surface area contributed by atoms with E-state index in [1.807, 2.05) is 24.3 Å². The number of nitrogens with zero attached hydrogens (tertiary/aromatic N) is 3. The number of rotatable bonds is 4. The number of methoxy groups -OCH3 is 1. The zero-order valence-electron chi connectivity index (χ0n) is 15.5. The van der Waals surface area contributed by atoms with Gasteiger partial charge in [0.15, 0.2) is 5.82 Å². The van der Waals surface area contributed by atoms with Crippen LogP contribution < -0.4 is 10.1 Å². The summed E-state index contributed by atoms with van der Waals surface area (Å²) < 4.78 is 11.0. The zero-order valence-corrected chi connectivity index (χ0v) is 15.5. The van der Waals surface area contributed by atoms with Gasteiger partial charge in [-0.3, -0.25) is 0 Å². The molecule has 1 N–H and O–H groups in total. The Labute approximate surface area is 154 Å². The molecule has 0 radical (unpaired) electrons. The van der Waals surface area contributed by atoms with Gasteiger partial charge in [-0.1, -0.05) is 0 Å². The fourth-order valence-corrected chi connectivity index (χ4v) is 3.85. The number of aromatic nitrogens is 2. The van der Waals surface area contributed by atoms with Gasteiger partial charge in [0.25, 0.3) is 0 Å². The van der Waals surface area contributed by atoms with Crippen LogP contribution in [0.3, 0.4) is 0 Å². The monoisotopic (exact) mass is 354 g/mol.